The van der Waals surface area contributed by atoms with Crippen molar-refractivity contribution in [2.24, 2.45) is 5.73 Å². The van der Waals surface area contributed by atoms with E-state index >= 15 is 0 Å². The molecule has 1 heterocycles. The molecule has 2 aromatic carbocycles. The minimum absolute atomic E-state index is 0.294. The predicted octanol–water partition coefficient (Wildman–Crippen LogP) is 1.92. The molecule has 2 N–H and O–H groups in total. The second-order valence-electron chi connectivity index (χ2n) is 6.62. The van der Waals surface area contributed by atoms with Crippen LogP contribution in [0, 0.1) is 0 Å². The number of ether oxygens (including phenoxy) is 2. The minimum Gasteiger partial charge on any atom is -0.497 e. The number of nitrogens with zero attached hydrogens (tertiary/aromatic N) is 2. The van der Waals surface area contributed by atoms with E-state index in [2.05, 4.69) is 9.80 Å². The van der Waals surface area contributed by atoms with E-state index in [4.69, 9.17) is 15.2 Å². The molecule has 6 heteroatoms. The van der Waals surface area contributed by atoms with Gasteiger partial charge in [0.1, 0.15) is 24.1 Å². The average Bonchev–Trinajstić information content (AvgIpc) is 2.70. The summed E-state index contributed by atoms with van der Waals surface area (Å²) in [6.07, 6.45) is 0. The second kappa shape index (κ2) is 9.39. The molecular formula is C21H27N3O3. The van der Waals surface area contributed by atoms with Gasteiger partial charge in [0.05, 0.1) is 7.11 Å². The van der Waals surface area contributed by atoms with E-state index in [-0.39, 0.29) is 11.9 Å². The van der Waals surface area contributed by atoms with Crippen molar-refractivity contribution in [2.75, 3.05) is 46.4 Å². The van der Waals surface area contributed by atoms with Gasteiger partial charge >= 0.3 is 0 Å². The fourth-order valence-corrected chi connectivity index (χ4v) is 3.40. The number of hydrogen-bond acceptors (Lipinski definition) is 5. The Morgan fingerprint density at radius 2 is 1.63 bits per heavy atom. The average molecular weight is 369 g/mol. The molecule has 0 spiro atoms. The Balaban J connectivity index is 1.46. The molecule has 1 atom stereocenters. The highest BCUT2D eigenvalue weighted by molar-refractivity contribution is 5.81. The van der Waals surface area contributed by atoms with E-state index in [0.29, 0.717) is 6.61 Å². The summed E-state index contributed by atoms with van der Waals surface area (Å²) in [6.45, 7) is 4.89. The summed E-state index contributed by atoms with van der Waals surface area (Å²) in [5.74, 6) is 1.37. The molecule has 3 rings (SSSR count). The number of benzene rings is 2. The molecule has 2 aromatic rings. The Bertz CT molecular complexity index is 713. The number of nitrogens with two attached hydrogens (primary N) is 1. The summed E-state index contributed by atoms with van der Waals surface area (Å²) in [6, 6.07) is 17.0. The van der Waals surface area contributed by atoms with Crippen molar-refractivity contribution in [1.82, 2.24) is 9.80 Å². The first-order chi connectivity index (χ1) is 13.2. The third-order valence-electron chi connectivity index (χ3n) is 4.89. The van der Waals surface area contributed by atoms with Gasteiger partial charge in [0.2, 0.25) is 5.91 Å². The quantitative estimate of drug-likeness (QED) is 0.770. The van der Waals surface area contributed by atoms with Gasteiger partial charge in [0, 0.05) is 32.7 Å². The van der Waals surface area contributed by atoms with E-state index in [0.717, 1.165) is 49.8 Å². The van der Waals surface area contributed by atoms with Gasteiger partial charge in [-0.2, -0.15) is 0 Å². The molecule has 1 aliphatic heterocycles. The molecule has 27 heavy (non-hydrogen) atoms. The molecule has 1 fully saturated rings. The number of piperazine rings is 1. The summed E-state index contributed by atoms with van der Waals surface area (Å²) in [7, 11) is 1.65. The molecule has 6 nitrogen and oxygen atoms in total. The summed E-state index contributed by atoms with van der Waals surface area (Å²) < 4.78 is 11.0. The van der Waals surface area contributed by atoms with Gasteiger partial charge in [0.15, 0.2) is 0 Å². The van der Waals surface area contributed by atoms with Crippen LogP contribution < -0.4 is 15.2 Å². The monoisotopic (exact) mass is 369 g/mol. The lowest BCUT2D eigenvalue weighted by Crippen LogP contribution is -2.51. The van der Waals surface area contributed by atoms with E-state index in [1.54, 1.807) is 7.11 Å². The molecule has 0 aromatic heterocycles. The highest BCUT2D eigenvalue weighted by Gasteiger charge is 2.28. The zero-order valence-electron chi connectivity index (χ0n) is 15.7. The number of amides is 1. The topological polar surface area (TPSA) is 68.0 Å². The Hall–Kier alpha value is -2.57. The van der Waals surface area contributed by atoms with Crippen LogP contribution in [-0.4, -0.2) is 62.1 Å². The van der Waals surface area contributed by atoms with Gasteiger partial charge in [0.25, 0.3) is 0 Å². The number of carbonyl (C=O) groups excluding carboxylic acids is 1. The highest BCUT2D eigenvalue weighted by Crippen LogP contribution is 2.22. The molecule has 1 unspecified atom stereocenters. The third-order valence-corrected chi connectivity index (χ3v) is 4.89. The Morgan fingerprint density at radius 1 is 1.00 bits per heavy atom. The van der Waals surface area contributed by atoms with E-state index in [1.807, 2.05) is 54.6 Å². The molecule has 0 bridgehead atoms. The van der Waals surface area contributed by atoms with Crippen LogP contribution in [0.4, 0.5) is 0 Å². The SMILES string of the molecule is COc1ccc(OCCN2CCN(C(C(N)=O)c3ccccc3)CC2)cc1. The molecule has 0 saturated carbocycles. The second-order valence-corrected chi connectivity index (χ2v) is 6.62. The Kier molecular flexibility index (Phi) is 6.68. The van der Waals surface area contributed by atoms with Crippen LogP contribution in [0.5, 0.6) is 11.5 Å². The van der Waals surface area contributed by atoms with E-state index in [9.17, 15) is 4.79 Å². The first kappa shape index (κ1) is 19.2. The summed E-state index contributed by atoms with van der Waals surface area (Å²) in [4.78, 5) is 16.5. The van der Waals surface area contributed by atoms with Crippen LogP contribution in [0.2, 0.25) is 0 Å². The van der Waals surface area contributed by atoms with E-state index in [1.165, 1.54) is 0 Å². The molecule has 1 aliphatic rings. The zero-order chi connectivity index (χ0) is 19.1. The first-order valence-electron chi connectivity index (χ1n) is 9.25. The normalized spacial score (nSPS) is 16.6. The number of carbonyl (C=O) groups is 1. The van der Waals surface area contributed by atoms with Crippen LogP contribution in [0.15, 0.2) is 54.6 Å². The number of hydrogen-bond donors (Lipinski definition) is 1. The molecule has 0 aliphatic carbocycles. The Labute approximate surface area is 160 Å². The first-order valence-corrected chi connectivity index (χ1v) is 9.25. The van der Waals surface area contributed by atoms with Crippen molar-refractivity contribution >= 4 is 5.91 Å². The van der Waals surface area contributed by atoms with Crippen LogP contribution in [0.1, 0.15) is 11.6 Å². The number of methoxy groups -OCH3 is 1. The fourth-order valence-electron chi connectivity index (χ4n) is 3.40. The van der Waals surface area contributed by atoms with E-state index < -0.39 is 0 Å². The molecule has 144 valence electrons. The molecule has 0 radical (unpaired) electrons. The van der Waals surface area contributed by atoms with Crippen LogP contribution in [0.25, 0.3) is 0 Å². The van der Waals surface area contributed by atoms with Gasteiger partial charge in [-0.25, -0.2) is 0 Å². The van der Waals surface area contributed by atoms with Gasteiger partial charge in [-0.3, -0.25) is 14.6 Å². The minimum atomic E-state index is -0.358. The summed E-state index contributed by atoms with van der Waals surface area (Å²) in [5.41, 5.74) is 6.64. The molecule has 1 saturated heterocycles. The van der Waals surface area contributed by atoms with Crippen molar-refractivity contribution < 1.29 is 14.3 Å². The van der Waals surface area contributed by atoms with Gasteiger partial charge in [-0.1, -0.05) is 30.3 Å². The van der Waals surface area contributed by atoms with Crippen molar-refractivity contribution in [3.8, 4) is 11.5 Å². The van der Waals surface area contributed by atoms with Crippen LogP contribution in [0.3, 0.4) is 0 Å². The lowest BCUT2D eigenvalue weighted by Gasteiger charge is -2.38. The van der Waals surface area contributed by atoms with Crippen molar-refractivity contribution in [3.05, 3.63) is 60.2 Å². The maximum absolute atomic E-state index is 12.0. The van der Waals surface area contributed by atoms with Gasteiger partial charge < -0.3 is 15.2 Å². The lowest BCUT2D eigenvalue weighted by atomic mass is 10.0. The van der Waals surface area contributed by atoms with Gasteiger partial charge in [-0.05, 0) is 29.8 Å². The van der Waals surface area contributed by atoms with Crippen LogP contribution in [-0.2, 0) is 4.79 Å². The summed E-state index contributed by atoms with van der Waals surface area (Å²) in [5, 5.41) is 0. The van der Waals surface area contributed by atoms with Gasteiger partial charge in [-0.15, -0.1) is 0 Å². The highest BCUT2D eigenvalue weighted by atomic mass is 16.5. The fraction of sp³-hybridized carbons (Fsp3) is 0.381. The number of primary amides is 1. The van der Waals surface area contributed by atoms with Crippen LogP contribution >= 0.6 is 0 Å². The third kappa shape index (κ3) is 5.21. The molecule has 1 amide bonds. The maximum atomic E-state index is 12.0. The largest absolute Gasteiger partial charge is 0.497 e. The standard InChI is InChI=1S/C21H27N3O3/c1-26-18-7-9-19(10-8-18)27-16-15-23-11-13-24(14-12-23)20(21(22)25)17-5-3-2-4-6-17/h2-10,20H,11-16H2,1H3,(H2,22,25). The predicted molar refractivity (Wildman–Crippen MR) is 105 cm³/mol. The molecular weight excluding hydrogens is 342 g/mol. The van der Waals surface area contributed by atoms with Crippen molar-refractivity contribution in [1.29, 1.82) is 0 Å². The van der Waals surface area contributed by atoms with Crippen molar-refractivity contribution in [3.63, 3.8) is 0 Å². The van der Waals surface area contributed by atoms with Crippen molar-refractivity contribution in [2.45, 2.75) is 6.04 Å². The smallest absolute Gasteiger partial charge is 0.239 e. The maximum Gasteiger partial charge on any atom is 0.239 e. The zero-order valence-corrected chi connectivity index (χ0v) is 15.7. The number of rotatable bonds is 8. The lowest BCUT2D eigenvalue weighted by molar-refractivity contribution is -0.124. The summed E-state index contributed by atoms with van der Waals surface area (Å²) >= 11 is 0. The Morgan fingerprint density at radius 3 is 2.22 bits per heavy atom.